The lowest BCUT2D eigenvalue weighted by Crippen LogP contribution is -2.52. The van der Waals surface area contributed by atoms with Gasteiger partial charge in [0.05, 0.1) is 12.5 Å². The average Bonchev–Trinajstić information content (AvgIpc) is 2.63. The summed E-state index contributed by atoms with van der Waals surface area (Å²) in [6.45, 7) is 9.45. The first kappa shape index (κ1) is 19.4. The second-order valence-electron chi connectivity index (χ2n) is 6.85. The van der Waals surface area contributed by atoms with E-state index in [1.807, 2.05) is 42.2 Å². The molecule has 1 saturated heterocycles. The van der Waals surface area contributed by atoms with Gasteiger partial charge in [0.25, 0.3) is 0 Å². The van der Waals surface area contributed by atoms with Crippen LogP contribution in [0.3, 0.4) is 0 Å². The predicted molar refractivity (Wildman–Crippen MR) is 100 cm³/mol. The number of carbonyl (C=O) groups is 2. The maximum absolute atomic E-state index is 12.9. The van der Waals surface area contributed by atoms with Gasteiger partial charge in [0, 0.05) is 32.2 Å². The molecule has 2 rings (SSSR count). The van der Waals surface area contributed by atoms with Crippen molar-refractivity contribution in [2.24, 2.45) is 0 Å². The number of nitrogens with one attached hydrogen (secondary N) is 1. The summed E-state index contributed by atoms with van der Waals surface area (Å²) in [5, 5.41) is 3.00. The molecule has 1 aliphatic heterocycles. The molecule has 2 atom stereocenters. The van der Waals surface area contributed by atoms with Crippen molar-refractivity contribution in [1.29, 1.82) is 0 Å². The van der Waals surface area contributed by atoms with E-state index in [-0.39, 0.29) is 23.8 Å². The van der Waals surface area contributed by atoms with Crippen LogP contribution in [0.5, 0.6) is 0 Å². The van der Waals surface area contributed by atoms with Gasteiger partial charge in [0.15, 0.2) is 0 Å². The highest BCUT2D eigenvalue weighted by atomic mass is 16.2. The maximum Gasteiger partial charge on any atom is 0.234 e. The van der Waals surface area contributed by atoms with Crippen LogP contribution in [0.1, 0.15) is 45.1 Å². The minimum atomic E-state index is -0.0681. The van der Waals surface area contributed by atoms with Crippen molar-refractivity contribution >= 4 is 11.8 Å². The largest absolute Gasteiger partial charge is 0.353 e. The zero-order chi connectivity index (χ0) is 18.2. The topological polar surface area (TPSA) is 52.7 Å². The van der Waals surface area contributed by atoms with Crippen LogP contribution < -0.4 is 5.32 Å². The predicted octanol–water partition coefficient (Wildman–Crippen LogP) is 2.24. The fourth-order valence-corrected chi connectivity index (χ4v) is 3.21. The molecule has 0 radical (unpaired) electrons. The molecule has 1 aliphatic rings. The van der Waals surface area contributed by atoms with Crippen LogP contribution >= 0.6 is 0 Å². The summed E-state index contributed by atoms with van der Waals surface area (Å²) < 4.78 is 0. The minimum Gasteiger partial charge on any atom is -0.353 e. The zero-order valence-electron chi connectivity index (χ0n) is 15.7. The third-order valence-electron chi connectivity index (χ3n) is 4.98. The second kappa shape index (κ2) is 9.56. The number of benzene rings is 1. The maximum atomic E-state index is 12.9. The lowest BCUT2D eigenvalue weighted by molar-refractivity contribution is -0.135. The first-order valence-electron chi connectivity index (χ1n) is 9.40. The Morgan fingerprint density at radius 3 is 2.24 bits per heavy atom. The number of carbonyl (C=O) groups excluding carboxylic acids is 2. The van der Waals surface area contributed by atoms with Gasteiger partial charge in [-0.05, 0) is 25.3 Å². The molecule has 0 bridgehead atoms. The van der Waals surface area contributed by atoms with Crippen molar-refractivity contribution in [2.45, 2.75) is 45.6 Å². The summed E-state index contributed by atoms with van der Waals surface area (Å²) in [5.74, 6) is 0.212. The Hall–Kier alpha value is -1.88. The SMILES string of the molecule is CCC(C)NC(=O)CN1CCN(C(=O)C(CC)c2ccccc2)CC1. The first-order valence-corrected chi connectivity index (χ1v) is 9.40. The monoisotopic (exact) mass is 345 g/mol. The Labute approximate surface area is 151 Å². The first-order chi connectivity index (χ1) is 12.0. The van der Waals surface area contributed by atoms with Gasteiger partial charge in [0.1, 0.15) is 0 Å². The molecule has 0 saturated carbocycles. The van der Waals surface area contributed by atoms with Crippen LogP contribution in [-0.2, 0) is 9.59 Å². The third kappa shape index (κ3) is 5.56. The molecule has 5 heteroatoms. The minimum absolute atomic E-state index is 0.0681. The van der Waals surface area contributed by atoms with Crippen LogP contribution in [0.2, 0.25) is 0 Å². The second-order valence-corrected chi connectivity index (χ2v) is 6.85. The Bertz CT molecular complexity index is 553. The molecule has 138 valence electrons. The van der Waals surface area contributed by atoms with Crippen LogP contribution in [0.4, 0.5) is 0 Å². The number of amides is 2. The van der Waals surface area contributed by atoms with Crippen LogP contribution in [0.25, 0.3) is 0 Å². The van der Waals surface area contributed by atoms with E-state index < -0.39 is 0 Å². The van der Waals surface area contributed by atoms with Crippen LogP contribution in [0.15, 0.2) is 30.3 Å². The normalized spacial score (nSPS) is 17.8. The van der Waals surface area contributed by atoms with Crippen molar-refractivity contribution in [3.63, 3.8) is 0 Å². The lowest BCUT2D eigenvalue weighted by Gasteiger charge is -2.36. The summed E-state index contributed by atoms with van der Waals surface area (Å²) >= 11 is 0. The van der Waals surface area contributed by atoms with E-state index in [2.05, 4.69) is 24.1 Å². The van der Waals surface area contributed by atoms with Crippen LogP contribution in [-0.4, -0.2) is 60.4 Å². The van der Waals surface area contributed by atoms with Crippen molar-refractivity contribution < 1.29 is 9.59 Å². The third-order valence-corrected chi connectivity index (χ3v) is 4.98. The number of rotatable bonds is 7. The molecule has 1 heterocycles. The van der Waals surface area contributed by atoms with E-state index in [0.29, 0.717) is 19.6 Å². The Morgan fingerprint density at radius 1 is 1.04 bits per heavy atom. The van der Waals surface area contributed by atoms with E-state index >= 15 is 0 Å². The van der Waals surface area contributed by atoms with Gasteiger partial charge in [-0.25, -0.2) is 0 Å². The summed E-state index contributed by atoms with van der Waals surface area (Å²) in [6.07, 6.45) is 1.74. The van der Waals surface area contributed by atoms with Gasteiger partial charge in [-0.3, -0.25) is 14.5 Å². The van der Waals surface area contributed by atoms with Crippen molar-refractivity contribution in [2.75, 3.05) is 32.7 Å². The van der Waals surface area contributed by atoms with E-state index in [4.69, 9.17) is 0 Å². The van der Waals surface area contributed by atoms with Crippen molar-refractivity contribution in [1.82, 2.24) is 15.1 Å². The van der Waals surface area contributed by atoms with E-state index in [1.54, 1.807) is 0 Å². The smallest absolute Gasteiger partial charge is 0.234 e. The molecule has 1 aromatic rings. The molecular formula is C20H31N3O2. The highest BCUT2D eigenvalue weighted by Gasteiger charge is 2.28. The number of piperazine rings is 1. The summed E-state index contributed by atoms with van der Waals surface area (Å²) in [6, 6.07) is 10.2. The molecule has 1 aromatic carbocycles. The molecule has 0 aliphatic carbocycles. The Morgan fingerprint density at radius 2 is 1.68 bits per heavy atom. The quantitative estimate of drug-likeness (QED) is 0.824. The lowest BCUT2D eigenvalue weighted by atomic mass is 9.95. The molecule has 0 spiro atoms. The van der Waals surface area contributed by atoms with Gasteiger partial charge in [-0.2, -0.15) is 0 Å². The highest BCUT2D eigenvalue weighted by Crippen LogP contribution is 2.22. The van der Waals surface area contributed by atoms with E-state index in [9.17, 15) is 9.59 Å². The van der Waals surface area contributed by atoms with Crippen molar-refractivity contribution in [3.8, 4) is 0 Å². The Balaban J connectivity index is 1.84. The molecule has 25 heavy (non-hydrogen) atoms. The van der Waals surface area contributed by atoms with E-state index in [1.165, 1.54) is 0 Å². The van der Waals surface area contributed by atoms with Gasteiger partial charge in [-0.15, -0.1) is 0 Å². The molecule has 5 nitrogen and oxygen atoms in total. The van der Waals surface area contributed by atoms with Gasteiger partial charge >= 0.3 is 0 Å². The molecule has 2 amide bonds. The number of hydrogen-bond donors (Lipinski definition) is 1. The molecule has 1 fully saturated rings. The van der Waals surface area contributed by atoms with Gasteiger partial charge < -0.3 is 10.2 Å². The molecule has 2 unspecified atom stereocenters. The molecule has 0 aromatic heterocycles. The highest BCUT2D eigenvalue weighted by molar-refractivity contribution is 5.84. The number of hydrogen-bond acceptors (Lipinski definition) is 3. The summed E-state index contributed by atoms with van der Waals surface area (Å²) in [7, 11) is 0. The van der Waals surface area contributed by atoms with Crippen LogP contribution in [0, 0.1) is 0 Å². The summed E-state index contributed by atoms with van der Waals surface area (Å²) in [5.41, 5.74) is 1.09. The summed E-state index contributed by atoms with van der Waals surface area (Å²) in [4.78, 5) is 29.0. The average molecular weight is 345 g/mol. The fraction of sp³-hybridized carbons (Fsp3) is 0.600. The van der Waals surface area contributed by atoms with E-state index in [0.717, 1.165) is 31.5 Å². The van der Waals surface area contributed by atoms with Gasteiger partial charge in [-0.1, -0.05) is 44.2 Å². The fourth-order valence-electron chi connectivity index (χ4n) is 3.21. The van der Waals surface area contributed by atoms with Crippen molar-refractivity contribution in [3.05, 3.63) is 35.9 Å². The van der Waals surface area contributed by atoms with Gasteiger partial charge in [0.2, 0.25) is 11.8 Å². The molecule has 1 N–H and O–H groups in total. The number of nitrogens with zero attached hydrogens (tertiary/aromatic N) is 2. The molecular weight excluding hydrogens is 314 g/mol. The zero-order valence-corrected chi connectivity index (χ0v) is 15.7. The Kier molecular flexibility index (Phi) is 7.44. The standard InChI is InChI=1S/C20H31N3O2/c1-4-16(3)21-19(24)15-22-11-13-23(14-12-22)20(25)18(5-2)17-9-7-6-8-10-17/h6-10,16,18H,4-5,11-15H2,1-3H3,(H,21,24).